The predicted molar refractivity (Wildman–Crippen MR) is 80.9 cm³/mol. The number of ether oxygens (including phenoxy) is 1. The van der Waals surface area contributed by atoms with Crippen LogP contribution in [0.2, 0.25) is 0 Å². The average molecular weight is 326 g/mol. The largest absolute Gasteiger partial charge is 0.466 e. The average Bonchev–Trinajstić information content (AvgIpc) is 2.41. The summed E-state index contributed by atoms with van der Waals surface area (Å²) in [5.74, 6) is -0.237. The van der Waals surface area contributed by atoms with Gasteiger partial charge in [-0.1, -0.05) is 41.1 Å². The maximum absolute atomic E-state index is 11.4. The molecule has 3 nitrogen and oxygen atoms in total. The summed E-state index contributed by atoms with van der Waals surface area (Å²) in [6.45, 7) is 3.54. The summed E-state index contributed by atoms with van der Waals surface area (Å²) >= 11 is 3.42. The summed E-state index contributed by atoms with van der Waals surface area (Å²) in [7, 11) is 3.44. The molecule has 0 radical (unpaired) electrons. The van der Waals surface area contributed by atoms with Gasteiger partial charge in [-0.2, -0.15) is 0 Å². The molecule has 1 rings (SSSR count). The number of esters is 1. The Morgan fingerprint density at radius 1 is 1.37 bits per heavy atom. The monoisotopic (exact) mass is 325 g/mol. The fourth-order valence-corrected chi connectivity index (χ4v) is 2.00. The number of rotatable bonds is 6. The number of halogens is 1. The third kappa shape index (κ3) is 5.57. The molecular formula is C15H20BrNO2. The van der Waals surface area contributed by atoms with Crippen LogP contribution >= 0.6 is 15.9 Å². The van der Waals surface area contributed by atoms with Crippen molar-refractivity contribution in [2.45, 2.75) is 19.9 Å². The van der Waals surface area contributed by atoms with Crippen molar-refractivity contribution in [2.75, 3.05) is 20.7 Å². The third-order valence-electron chi connectivity index (χ3n) is 2.84. The van der Waals surface area contributed by atoms with Crippen LogP contribution in [0.5, 0.6) is 0 Å². The van der Waals surface area contributed by atoms with E-state index >= 15 is 0 Å². The molecule has 0 aromatic heterocycles. The van der Waals surface area contributed by atoms with Gasteiger partial charge in [0, 0.05) is 23.1 Å². The molecule has 1 aromatic rings. The van der Waals surface area contributed by atoms with Crippen molar-refractivity contribution >= 4 is 21.9 Å². The van der Waals surface area contributed by atoms with Gasteiger partial charge in [0.2, 0.25) is 0 Å². The van der Waals surface area contributed by atoms with Gasteiger partial charge in [-0.25, -0.2) is 4.79 Å². The highest BCUT2D eigenvalue weighted by Crippen LogP contribution is 2.12. The molecule has 0 amide bonds. The second-order valence-corrected chi connectivity index (χ2v) is 5.31. The summed E-state index contributed by atoms with van der Waals surface area (Å²) in [5.41, 5.74) is 1.97. The second-order valence-electron chi connectivity index (χ2n) is 4.40. The fourth-order valence-electron chi connectivity index (χ4n) is 1.74. The zero-order valence-electron chi connectivity index (χ0n) is 11.6. The Morgan fingerprint density at radius 2 is 2.00 bits per heavy atom. The first-order chi connectivity index (χ1) is 9.06. The lowest BCUT2D eigenvalue weighted by Gasteiger charge is -2.15. The Bertz CT molecular complexity index is 440. The standard InChI is InChI=1S/C15H20BrNO2/c1-4-13(15(18)19-3)9-10-17(2)11-12-5-7-14(16)8-6-12/h5-9H,4,10-11H2,1-3H3. The van der Waals surface area contributed by atoms with Gasteiger partial charge >= 0.3 is 5.97 Å². The van der Waals surface area contributed by atoms with Crippen molar-refractivity contribution in [1.82, 2.24) is 4.90 Å². The Morgan fingerprint density at radius 3 is 2.53 bits per heavy atom. The molecule has 0 saturated carbocycles. The van der Waals surface area contributed by atoms with Crippen LogP contribution in [0.4, 0.5) is 0 Å². The van der Waals surface area contributed by atoms with Gasteiger partial charge in [-0.05, 0) is 31.2 Å². The van der Waals surface area contributed by atoms with E-state index in [1.165, 1.54) is 12.7 Å². The Hall–Kier alpha value is -1.13. The molecule has 0 bridgehead atoms. The van der Waals surface area contributed by atoms with E-state index in [2.05, 4.69) is 33.0 Å². The fraction of sp³-hybridized carbons (Fsp3) is 0.400. The van der Waals surface area contributed by atoms with Gasteiger partial charge in [0.25, 0.3) is 0 Å². The topological polar surface area (TPSA) is 29.5 Å². The molecule has 0 N–H and O–H groups in total. The molecule has 0 atom stereocenters. The first-order valence-electron chi connectivity index (χ1n) is 6.27. The Kier molecular flexibility index (Phi) is 6.81. The minimum Gasteiger partial charge on any atom is -0.466 e. The number of likely N-dealkylation sites (N-methyl/N-ethyl adjacent to an activating group) is 1. The van der Waals surface area contributed by atoms with Crippen molar-refractivity contribution in [3.63, 3.8) is 0 Å². The maximum Gasteiger partial charge on any atom is 0.333 e. The summed E-state index contributed by atoms with van der Waals surface area (Å²) in [4.78, 5) is 13.6. The number of hydrogen-bond acceptors (Lipinski definition) is 3. The van der Waals surface area contributed by atoms with E-state index in [0.29, 0.717) is 6.42 Å². The SMILES string of the molecule is CCC(=CCN(C)Cc1ccc(Br)cc1)C(=O)OC. The molecule has 4 heteroatoms. The van der Waals surface area contributed by atoms with Crippen molar-refractivity contribution in [3.05, 3.63) is 46.0 Å². The van der Waals surface area contributed by atoms with Crippen LogP contribution in [0.15, 0.2) is 40.4 Å². The smallest absolute Gasteiger partial charge is 0.333 e. The molecule has 1 aromatic carbocycles. The lowest BCUT2D eigenvalue weighted by molar-refractivity contribution is -0.136. The molecule has 104 valence electrons. The van der Waals surface area contributed by atoms with Crippen LogP contribution in [-0.4, -0.2) is 31.6 Å². The Labute approximate surface area is 123 Å². The predicted octanol–water partition coefficient (Wildman–Crippen LogP) is 3.39. The van der Waals surface area contributed by atoms with E-state index in [1.54, 1.807) is 0 Å². The van der Waals surface area contributed by atoms with Gasteiger partial charge in [-0.15, -0.1) is 0 Å². The van der Waals surface area contributed by atoms with Gasteiger partial charge in [0.1, 0.15) is 0 Å². The molecule has 0 aliphatic carbocycles. The number of carbonyl (C=O) groups excluding carboxylic acids is 1. The number of hydrogen-bond donors (Lipinski definition) is 0. The summed E-state index contributed by atoms with van der Waals surface area (Å²) < 4.78 is 5.82. The quantitative estimate of drug-likeness (QED) is 0.593. The van der Waals surface area contributed by atoms with Crippen LogP contribution in [0.25, 0.3) is 0 Å². The molecule has 0 unspecified atom stereocenters. The van der Waals surface area contributed by atoms with Gasteiger partial charge in [0.05, 0.1) is 7.11 Å². The van der Waals surface area contributed by atoms with Crippen LogP contribution in [0, 0.1) is 0 Å². The summed E-state index contributed by atoms with van der Waals surface area (Å²) in [6, 6.07) is 8.24. The van der Waals surface area contributed by atoms with Gasteiger partial charge in [-0.3, -0.25) is 4.90 Å². The summed E-state index contributed by atoms with van der Waals surface area (Å²) in [6.07, 6.45) is 2.63. The van der Waals surface area contributed by atoms with Crippen molar-refractivity contribution in [2.24, 2.45) is 0 Å². The first kappa shape index (κ1) is 15.9. The second kappa shape index (κ2) is 8.12. The first-order valence-corrected chi connectivity index (χ1v) is 7.06. The zero-order chi connectivity index (χ0) is 14.3. The van der Waals surface area contributed by atoms with Gasteiger partial charge in [0.15, 0.2) is 0 Å². The van der Waals surface area contributed by atoms with E-state index in [0.717, 1.165) is 23.1 Å². The van der Waals surface area contributed by atoms with E-state index in [1.807, 2.05) is 32.2 Å². The van der Waals surface area contributed by atoms with Crippen LogP contribution in [-0.2, 0) is 16.1 Å². The van der Waals surface area contributed by atoms with Crippen molar-refractivity contribution in [1.29, 1.82) is 0 Å². The summed E-state index contributed by atoms with van der Waals surface area (Å²) in [5, 5.41) is 0. The van der Waals surface area contributed by atoms with E-state index in [-0.39, 0.29) is 5.97 Å². The molecule has 19 heavy (non-hydrogen) atoms. The van der Waals surface area contributed by atoms with E-state index in [4.69, 9.17) is 4.74 Å². The number of methoxy groups -OCH3 is 1. The number of carbonyl (C=O) groups is 1. The normalized spacial score (nSPS) is 11.7. The lowest BCUT2D eigenvalue weighted by atomic mass is 10.2. The maximum atomic E-state index is 11.4. The van der Waals surface area contributed by atoms with Crippen LogP contribution in [0.3, 0.4) is 0 Å². The van der Waals surface area contributed by atoms with Crippen LogP contribution in [0.1, 0.15) is 18.9 Å². The highest BCUT2D eigenvalue weighted by atomic mass is 79.9. The molecule has 0 aliphatic heterocycles. The minimum absolute atomic E-state index is 0.237. The van der Waals surface area contributed by atoms with Gasteiger partial charge < -0.3 is 4.74 Å². The van der Waals surface area contributed by atoms with E-state index < -0.39 is 0 Å². The third-order valence-corrected chi connectivity index (χ3v) is 3.37. The lowest BCUT2D eigenvalue weighted by Crippen LogP contribution is -2.19. The van der Waals surface area contributed by atoms with Crippen molar-refractivity contribution in [3.8, 4) is 0 Å². The minimum atomic E-state index is -0.237. The Balaban J connectivity index is 2.55. The molecule has 0 saturated heterocycles. The van der Waals surface area contributed by atoms with Crippen LogP contribution < -0.4 is 0 Å². The molecule has 0 fully saturated rings. The highest BCUT2D eigenvalue weighted by Gasteiger charge is 2.07. The van der Waals surface area contributed by atoms with E-state index in [9.17, 15) is 4.79 Å². The highest BCUT2D eigenvalue weighted by molar-refractivity contribution is 9.10. The number of nitrogens with zero attached hydrogens (tertiary/aromatic N) is 1. The van der Waals surface area contributed by atoms with Crippen molar-refractivity contribution < 1.29 is 9.53 Å². The molecule has 0 spiro atoms. The molecular weight excluding hydrogens is 306 g/mol. The molecule has 0 heterocycles. The number of benzene rings is 1. The zero-order valence-corrected chi connectivity index (χ0v) is 13.2. The molecule has 0 aliphatic rings.